The quantitative estimate of drug-likeness (QED) is 0.872. The third-order valence-corrected chi connectivity index (χ3v) is 2.84. The zero-order chi connectivity index (χ0) is 12.2. The van der Waals surface area contributed by atoms with E-state index in [2.05, 4.69) is 28.5 Å². The van der Waals surface area contributed by atoms with E-state index in [1.165, 1.54) is 5.56 Å². The van der Waals surface area contributed by atoms with Crippen molar-refractivity contribution in [1.82, 2.24) is 0 Å². The van der Waals surface area contributed by atoms with Gasteiger partial charge in [0, 0.05) is 5.56 Å². The van der Waals surface area contributed by atoms with Crippen LogP contribution in [-0.2, 0) is 4.74 Å². The molecule has 3 heteroatoms. The lowest BCUT2D eigenvalue weighted by Crippen LogP contribution is -2.12. The minimum atomic E-state index is 0.610. The molecule has 3 nitrogen and oxygen atoms in total. The number of nitrogens with one attached hydrogen (secondary N) is 1. The van der Waals surface area contributed by atoms with Crippen molar-refractivity contribution in [3.05, 3.63) is 54.6 Å². The fraction of sp³-hybridized carbons (Fsp3) is 0.133. The van der Waals surface area contributed by atoms with Crippen LogP contribution in [-0.4, -0.2) is 19.2 Å². The van der Waals surface area contributed by atoms with E-state index in [0.717, 1.165) is 17.8 Å². The molecule has 0 saturated carbocycles. The number of rotatable bonds is 2. The van der Waals surface area contributed by atoms with Crippen molar-refractivity contribution >= 4 is 11.7 Å². The normalized spacial score (nSPS) is 13.9. The van der Waals surface area contributed by atoms with Gasteiger partial charge in [-0.1, -0.05) is 48.5 Å². The van der Waals surface area contributed by atoms with Crippen molar-refractivity contribution in [2.75, 3.05) is 18.5 Å². The molecule has 2 aromatic carbocycles. The number of aliphatic imine (C=N–C) groups is 1. The predicted octanol–water partition coefficient (Wildman–Crippen LogP) is 3.15. The maximum atomic E-state index is 5.39. The third kappa shape index (κ3) is 2.20. The van der Waals surface area contributed by atoms with Crippen molar-refractivity contribution < 1.29 is 4.74 Å². The Labute approximate surface area is 106 Å². The molecular weight excluding hydrogens is 224 g/mol. The largest absolute Gasteiger partial charge is 0.463 e. The Balaban J connectivity index is 1.95. The van der Waals surface area contributed by atoms with Gasteiger partial charge in [-0.2, -0.15) is 0 Å². The van der Waals surface area contributed by atoms with Gasteiger partial charge in [0.15, 0.2) is 0 Å². The van der Waals surface area contributed by atoms with E-state index in [1.807, 2.05) is 36.4 Å². The molecule has 2 aromatic rings. The van der Waals surface area contributed by atoms with Crippen molar-refractivity contribution in [3.8, 4) is 11.1 Å². The van der Waals surface area contributed by atoms with Gasteiger partial charge in [0.1, 0.15) is 6.61 Å². The lowest BCUT2D eigenvalue weighted by molar-refractivity contribution is 0.346. The van der Waals surface area contributed by atoms with Crippen molar-refractivity contribution in [3.63, 3.8) is 0 Å². The van der Waals surface area contributed by atoms with E-state index in [9.17, 15) is 0 Å². The second-order valence-electron chi connectivity index (χ2n) is 4.07. The van der Waals surface area contributed by atoms with Gasteiger partial charge in [0.25, 0.3) is 6.02 Å². The monoisotopic (exact) mass is 238 g/mol. The molecule has 1 heterocycles. The van der Waals surface area contributed by atoms with E-state index in [0.29, 0.717) is 12.6 Å². The molecule has 90 valence electrons. The fourth-order valence-corrected chi connectivity index (χ4v) is 1.99. The fourth-order valence-electron chi connectivity index (χ4n) is 1.99. The van der Waals surface area contributed by atoms with Gasteiger partial charge < -0.3 is 10.1 Å². The Bertz CT molecular complexity index is 564. The highest BCUT2D eigenvalue weighted by Crippen LogP contribution is 2.27. The summed E-state index contributed by atoms with van der Waals surface area (Å²) in [6.07, 6.45) is 0. The summed E-state index contributed by atoms with van der Waals surface area (Å²) in [4.78, 5) is 4.25. The van der Waals surface area contributed by atoms with Crippen LogP contribution >= 0.6 is 0 Å². The van der Waals surface area contributed by atoms with Crippen LogP contribution in [0.5, 0.6) is 0 Å². The smallest absolute Gasteiger partial charge is 0.289 e. The third-order valence-electron chi connectivity index (χ3n) is 2.84. The molecule has 18 heavy (non-hydrogen) atoms. The zero-order valence-corrected chi connectivity index (χ0v) is 9.97. The van der Waals surface area contributed by atoms with E-state index in [4.69, 9.17) is 4.74 Å². The predicted molar refractivity (Wildman–Crippen MR) is 73.8 cm³/mol. The Hall–Kier alpha value is -2.29. The molecule has 0 radical (unpaired) electrons. The Morgan fingerprint density at radius 1 is 0.944 bits per heavy atom. The van der Waals surface area contributed by atoms with E-state index < -0.39 is 0 Å². The van der Waals surface area contributed by atoms with Gasteiger partial charge in [0.2, 0.25) is 0 Å². The number of hydrogen-bond acceptors (Lipinski definition) is 3. The summed E-state index contributed by atoms with van der Waals surface area (Å²) in [6, 6.07) is 19.1. The number of benzene rings is 2. The van der Waals surface area contributed by atoms with Gasteiger partial charge in [-0.25, -0.2) is 4.99 Å². The molecule has 0 bridgehead atoms. The molecule has 0 unspecified atom stereocenters. The van der Waals surface area contributed by atoms with Crippen molar-refractivity contribution in [2.45, 2.75) is 0 Å². The summed E-state index contributed by atoms with van der Waals surface area (Å²) in [7, 11) is 0. The average molecular weight is 238 g/mol. The lowest BCUT2D eigenvalue weighted by atomic mass is 10.0. The Morgan fingerprint density at radius 3 is 2.50 bits per heavy atom. The van der Waals surface area contributed by atoms with Gasteiger partial charge in [0.05, 0.1) is 12.2 Å². The molecule has 1 N–H and O–H groups in total. The molecule has 0 amide bonds. The summed E-state index contributed by atoms with van der Waals surface area (Å²) >= 11 is 0. The topological polar surface area (TPSA) is 33.6 Å². The summed E-state index contributed by atoms with van der Waals surface area (Å²) in [5.41, 5.74) is 3.35. The second kappa shape index (κ2) is 4.92. The highest BCUT2D eigenvalue weighted by molar-refractivity contribution is 5.94. The average Bonchev–Trinajstić information content (AvgIpc) is 2.93. The maximum absolute atomic E-state index is 5.39. The van der Waals surface area contributed by atoms with Crippen LogP contribution in [0.4, 0.5) is 5.69 Å². The molecule has 3 rings (SSSR count). The van der Waals surface area contributed by atoms with E-state index in [-0.39, 0.29) is 0 Å². The second-order valence-corrected chi connectivity index (χ2v) is 4.07. The highest BCUT2D eigenvalue weighted by Gasteiger charge is 2.10. The Kier molecular flexibility index (Phi) is 2.96. The van der Waals surface area contributed by atoms with Crippen LogP contribution in [0.1, 0.15) is 0 Å². The molecule has 1 aliphatic heterocycles. The van der Waals surface area contributed by atoms with Gasteiger partial charge in [-0.15, -0.1) is 0 Å². The molecule has 0 fully saturated rings. The van der Waals surface area contributed by atoms with E-state index >= 15 is 0 Å². The van der Waals surface area contributed by atoms with Crippen LogP contribution in [0, 0.1) is 0 Å². The molecular formula is C15H14N2O. The van der Waals surface area contributed by atoms with Crippen LogP contribution in [0.25, 0.3) is 11.1 Å². The molecule has 0 atom stereocenters. The van der Waals surface area contributed by atoms with E-state index in [1.54, 1.807) is 0 Å². The van der Waals surface area contributed by atoms with Crippen LogP contribution < -0.4 is 5.32 Å². The SMILES string of the molecule is c1ccc(-c2ccccc2NC2=NCCO2)cc1. The number of anilines is 1. The van der Waals surface area contributed by atoms with Gasteiger partial charge in [-0.3, -0.25) is 0 Å². The van der Waals surface area contributed by atoms with Gasteiger partial charge in [-0.05, 0) is 11.6 Å². The number of ether oxygens (including phenoxy) is 1. The van der Waals surface area contributed by atoms with Crippen LogP contribution in [0.15, 0.2) is 59.6 Å². The summed E-state index contributed by atoms with van der Waals surface area (Å²) in [5.74, 6) is 0. The first-order valence-corrected chi connectivity index (χ1v) is 6.02. The highest BCUT2D eigenvalue weighted by atomic mass is 16.5. The maximum Gasteiger partial charge on any atom is 0.289 e. The molecule has 0 aliphatic carbocycles. The summed E-state index contributed by atoms with van der Waals surface area (Å²) < 4.78 is 5.39. The number of hydrogen-bond donors (Lipinski definition) is 1. The minimum absolute atomic E-state index is 0.610. The minimum Gasteiger partial charge on any atom is -0.463 e. The molecule has 0 spiro atoms. The standard InChI is InChI=1S/C15H14N2O/c1-2-6-12(7-3-1)13-8-4-5-9-14(13)17-15-16-10-11-18-15/h1-9H,10-11H2,(H,16,17). The molecule has 0 saturated heterocycles. The molecule has 0 aromatic heterocycles. The summed E-state index contributed by atoms with van der Waals surface area (Å²) in [5, 5.41) is 3.24. The summed E-state index contributed by atoms with van der Waals surface area (Å²) in [6.45, 7) is 1.39. The van der Waals surface area contributed by atoms with Gasteiger partial charge >= 0.3 is 0 Å². The first kappa shape index (κ1) is 10.8. The first-order valence-electron chi connectivity index (χ1n) is 6.02. The zero-order valence-electron chi connectivity index (χ0n) is 9.97. The first-order chi connectivity index (χ1) is 8.93. The Morgan fingerprint density at radius 2 is 1.72 bits per heavy atom. The number of amidine groups is 1. The van der Waals surface area contributed by atoms with Crippen LogP contribution in [0.3, 0.4) is 0 Å². The van der Waals surface area contributed by atoms with Crippen molar-refractivity contribution in [1.29, 1.82) is 0 Å². The van der Waals surface area contributed by atoms with Crippen LogP contribution in [0.2, 0.25) is 0 Å². The number of para-hydroxylation sites is 1. The van der Waals surface area contributed by atoms with Crippen molar-refractivity contribution in [2.24, 2.45) is 4.99 Å². The molecule has 1 aliphatic rings. The number of nitrogens with zero attached hydrogens (tertiary/aromatic N) is 1. The lowest BCUT2D eigenvalue weighted by Gasteiger charge is -2.11.